The second kappa shape index (κ2) is 10.1. The van der Waals surface area contributed by atoms with Crippen molar-refractivity contribution < 1.29 is 23.6 Å². The lowest BCUT2D eigenvalue weighted by molar-refractivity contribution is -0.115. The minimum Gasteiger partial charge on any atom is -0.495 e. The monoisotopic (exact) mass is 463 g/mol. The molecule has 8 nitrogen and oxygen atoms in total. The number of rotatable bonds is 8. The summed E-state index contributed by atoms with van der Waals surface area (Å²) in [6, 6.07) is 16.9. The summed E-state index contributed by atoms with van der Waals surface area (Å²) in [5.41, 5.74) is 3.43. The molecule has 0 fully saturated rings. The molecule has 0 saturated heterocycles. The van der Waals surface area contributed by atoms with Crippen LogP contribution >= 0.6 is 11.3 Å². The molecule has 4 rings (SSSR count). The second-order valence-electron chi connectivity index (χ2n) is 7.14. The van der Waals surface area contributed by atoms with Gasteiger partial charge in [-0.3, -0.25) is 4.79 Å². The third-order valence-corrected chi connectivity index (χ3v) is 5.64. The molecular formula is C24H21N3O5S. The van der Waals surface area contributed by atoms with E-state index < -0.39 is 5.97 Å². The maximum absolute atomic E-state index is 12.6. The number of nitrogens with one attached hydrogen (secondary N) is 1. The summed E-state index contributed by atoms with van der Waals surface area (Å²) in [7, 11) is 1.53. The number of esters is 1. The average molecular weight is 464 g/mol. The van der Waals surface area contributed by atoms with Crippen LogP contribution < -0.4 is 10.1 Å². The SMILES string of the molecule is COc1ccccc1NC(=O)Cc1noc(COC(=O)c2sccc2-c2ccc(C)cc2)n1. The number of aryl methyl sites for hydroxylation is 1. The van der Waals surface area contributed by atoms with Crippen molar-refractivity contribution >= 4 is 28.9 Å². The van der Waals surface area contributed by atoms with Crippen LogP contribution in [0.1, 0.15) is 27.0 Å². The number of aromatic nitrogens is 2. The van der Waals surface area contributed by atoms with Gasteiger partial charge in [0.2, 0.25) is 5.91 Å². The Morgan fingerprint density at radius 3 is 2.67 bits per heavy atom. The van der Waals surface area contributed by atoms with Gasteiger partial charge in [0.15, 0.2) is 12.4 Å². The van der Waals surface area contributed by atoms with E-state index in [0.29, 0.717) is 16.3 Å². The van der Waals surface area contributed by atoms with Gasteiger partial charge in [-0.1, -0.05) is 47.1 Å². The summed E-state index contributed by atoms with van der Waals surface area (Å²) in [6.07, 6.45) is -0.0992. The fourth-order valence-corrected chi connectivity index (χ4v) is 3.94. The number of methoxy groups -OCH3 is 1. The molecule has 0 unspecified atom stereocenters. The van der Waals surface area contributed by atoms with Crippen molar-refractivity contribution in [2.45, 2.75) is 20.0 Å². The van der Waals surface area contributed by atoms with Gasteiger partial charge in [0, 0.05) is 5.56 Å². The molecular weight excluding hydrogens is 442 g/mol. The van der Waals surface area contributed by atoms with E-state index in [1.807, 2.05) is 42.6 Å². The normalized spacial score (nSPS) is 10.6. The Hall–Kier alpha value is -3.98. The predicted molar refractivity (Wildman–Crippen MR) is 123 cm³/mol. The highest BCUT2D eigenvalue weighted by Crippen LogP contribution is 2.29. The van der Waals surface area contributed by atoms with Crippen LogP contribution in [0.25, 0.3) is 11.1 Å². The molecule has 33 heavy (non-hydrogen) atoms. The number of ether oxygens (including phenoxy) is 2. The zero-order chi connectivity index (χ0) is 23.2. The lowest BCUT2D eigenvalue weighted by Gasteiger charge is -2.08. The highest BCUT2D eigenvalue weighted by atomic mass is 32.1. The molecule has 0 aliphatic heterocycles. The van der Waals surface area contributed by atoms with Crippen molar-refractivity contribution in [3.05, 3.63) is 82.1 Å². The van der Waals surface area contributed by atoms with Gasteiger partial charge in [0.1, 0.15) is 10.6 Å². The largest absolute Gasteiger partial charge is 0.495 e. The van der Waals surface area contributed by atoms with Crippen molar-refractivity contribution in [2.24, 2.45) is 0 Å². The first-order chi connectivity index (χ1) is 16.0. The Kier molecular flexibility index (Phi) is 6.80. The smallest absolute Gasteiger partial charge is 0.349 e. The van der Waals surface area contributed by atoms with Crippen LogP contribution in [-0.2, 0) is 22.6 Å². The van der Waals surface area contributed by atoms with E-state index in [1.165, 1.54) is 18.4 Å². The van der Waals surface area contributed by atoms with E-state index in [1.54, 1.807) is 24.3 Å². The summed E-state index contributed by atoms with van der Waals surface area (Å²) >= 11 is 1.30. The van der Waals surface area contributed by atoms with Crippen molar-refractivity contribution in [3.8, 4) is 16.9 Å². The molecule has 168 valence electrons. The predicted octanol–water partition coefficient (Wildman–Crippen LogP) is 4.65. The first kappa shape index (κ1) is 22.2. The summed E-state index contributed by atoms with van der Waals surface area (Å²) < 4.78 is 15.7. The third-order valence-electron chi connectivity index (χ3n) is 4.75. The molecule has 2 aromatic heterocycles. The minimum absolute atomic E-state index is 0.0992. The Morgan fingerprint density at radius 1 is 1.09 bits per heavy atom. The molecule has 2 heterocycles. The molecule has 0 radical (unpaired) electrons. The number of thiophene rings is 1. The van der Waals surface area contributed by atoms with Gasteiger partial charge in [-0.2, -0.15) is 4.98 Å². The minimum atomic E-state index is -0.478. The van der Waals surface area contributed by atoms with Gasteiger partial charge in [-0.15, -0.1) is 11.3 Å². The van der Waals surface area contributed by atoms with Gasteiger partial charge in [-0.25, -0.2) is 4.79 Å². The number of anilines is 1. The van der Waals surface area contributed by atoms with Crippen LogP contribution in [0.3, 0.4) is 0 Å². The maximum Gasteiger partial charge on any atom is 0.349 e. The van der Waals surface area contributed by atoms with E-state index in [9.17, 15) is 9.59 Å². The van der Waals surface area contributed by atoms with Crippen molar-refractivity contribution in [1.29, 1.82) is 0 Å². The average Bonchev–Trinajstić information content (AvgIpc) is 3.48. The Morgan fingerprint density at radius 2 is 1.88 bits per heavy atom. The fourth-order valence-electron chi connectivity index (χ4n) is 3.13. The fraction of sp³-hybridized carbons (Fsp3) is 0.167. The van der Waals surface area contributed by atoms with Gasteiger partial charge in [0.05, 0.1) is 19.2 Å². The van der Waals surface area contributed by atoms with Gasteiger partial charge in [0.25, 0.3) is 5.89 Å². The summed E-state index contributed by atoms with van der Waals surface area (Å²) in [5, 5.41) is 8.38. The lowest BCUT2D eigenvalue weighted by Crippen LogP contribution is -2.15. The molecule has 0 spiro atoms. The summed E-state index contributed by atoms with van der Waals surface area (Å²) in [5.74, 6) is 0.0337. The molecule has 4 aromatic rings. The number of carbonyl (C=O) groups excluding carboxylic acids is 2. The van der Waals surface area contributed by atoms with Crippen LogP contribution in [0, 0.1) is 6.92 Å². The number of nitrogens with zero attached hydrogens (tertiary/aromatic N) is 2. The van der Waals surface area contributed by atoms with Gasteiger partial charge >= 0.3 is 5.97 Å². The molecule has 9 heteroatoms. The molecule has 2 aromatic carbocycles. The number of hydrogen-bond donors (Lipinski definition) is 1. The molecule has 0 bridgehead atoms. The quantitative estimate of drug-likeness (QED) is 0.379. The number of para-hydroxylation sites is 2. The third kappa shape index (κ3) is 5.45. The standard InChI is InChI=1S/C24H21N3O5S/c1-15-7-9-16(10-8-15)17-11-12-33-23(17)24(29)31-14-22-26-20(27-32-22)13-21(28)25-18-5-3-4-6-19(18)30-2/h3-12H,13-14H2,1-2H3,(H,25,28). The lowest BCUT2D eigenvalue weighted by atomic mass is 10.1. The highest BCUT2D eigenvalue weighted by Gasteiger charge is 2.18. The zero-order valence-electron chi connectivity index (χ0n) is 18.0. The number of benzene rings is 2. The van der Waals surface area contributed by atoms with E-state index in [-0.39, 0.29) is 30.7 Å². The van der Waals surface area contributed by atoms with Crippen LogP contribution in [0.2, 0.25) is 0 Å². The van der Waals surface area contributed by atoms with Gasteiger partial charge < -0.3 is 19.3 Å². The molecule has 0 aliphatic carbocycles. The number of hydrogen-bond acceptors (Lipinski definition) is 8. The van der Waals surface area contributed by atoms with Crippen LogP contribution in [-0.4, -0.2) is 29.1 Å². The first-order valence-electron chi connectivity index (χ1n) is 10.1. The second-order valence-corrected chi connectivity index (χ2v) is 8.05. The molecule has 0 saturated carbocycles. The highest BCUT2D eigenvalue weighted by molar-refractivity contribution is 7.12. The van der Waals surface area contributed by atoms with Crippen LogP contribution in [0.5, 0.6) is 5.75 Å². The van der Waals surface area contributed by atoms with Crippen molar-refractivity contribution in [1.82, 2.24) is 10.1 Å². The molecule has 1 amide bonds. The first-order valence-corrected chi connectivity index (χ1v) is 11.0. The Bertz CT molecular complexity index is 1260. The zero-order valence-corrected chi connectivity index (χ0v) is 18.8. The molecule has 0 atom stereocenters. The van der Waals surface area contributed by atoms with E-state index in [2.05, 4.69) is 15.5 Å². The van der Waals surface area contributed by atoms with E-state index in [0.717, 1.165) is 16.7 Å². The van der Waals surface area contributed by atoms with Crippen LogP contribution in [0.4, 0.5) is 5.69 Å². The van der Waals surface area contributed by atoms with Crippen LogP contribution in [0.15, 0.2) is 64.5 Å². The Labute approximate surface area is 194 Å². The van der Waals surface area contributed by atoms with Crippen molar-refractivity contribution in [2.75, 3.05) is 12.4 Å². The molecule has 1 N–H and O–H groups in total. The topological polar surface area (TPSA) is 104 Å². The number of amides is 1. The number of carbonyl (C=O) groups is 2. The van der Waals surface area contributed by atoms with E-state index in [4.69, 9.17) is 14.0 Å². The van der Waals surface area contributed by atoms with E-state index >= 15 is 0 Å². The van der Waals surface area contributed by atoms with Gasteiger partial charge in [-0.05, 0) is 36.1 Å². The Balaban J connectivity index is 1.34. The maximum atomic E-state index is 12.6. The summed E-state index contributed by atoms with van der Waals surface area (Å²) in [6.45, 7) is 1.82. The molecule has 0 aliphatic rings. The summed E-state index contributed by atoms with van der Waals surface area (Å²) in [4.78, 5) is 29.5. The van der Waals surface area contributed by atoms with Crippen molar-refractivity contribution in [3.63, 3.8) is 0 Å².